The summed E-state index contributed by atoms with van der Waals surface area (Å²) in [4.78, 5) is 27.8. The predicted molar refractivity (Wildman–Crippen MR) is 109 cm³/mol. The Bertz CT molecular complexity index is 905. The van der Waals surface area contributed by atoms with Crippen LogP contribution in [0.5, 0.6) is 0 Å². The molecule has 4 rings (SSSR count). The quantitative estimate of drug-likeness (QED) is 0.818. The number of anilines is 1. The number of hydrogen-bond donors (Lipinski definition) is 2. The van der Waals surface area contributed by atoms with Gasteiger partial charge < -0.3 is 16.0 Å². The van der Waals surface area contributed by atoms with Crippen molar-refractivity contribution >= 4 is 39.8 Å². The van der Waals surface area contributed by atoms with E-state index < -0.39 is 6.04 Å². The van der Waals surface area contributed by atoms with E-state index in [4.69, 9.17) is 17.3 Å². The van der Waals surface area contributed by atoms with Crippen molar-refractivity contribution < 1.29 is 9.59 Å². The monoisotopic (exact) mass is 403 g/mol. The minimum atomic E-state index is -0.601. The molecule has 1 saturated carbocycles. The minimum absolute atomic E-state index is 0.215. The zero-order valence-electron chi connectivity index (χ0n) is 15.1. The Morgan fingerprint density at radius 3 is 2.74 bits per heavy atom. The molecule has 1 atom stereocenters. The highest BCUT2D eigenvalue weighted by Crippen LogP contribution is 2.46. The van der Waals surface area contributed by atoms with Gasteiger partial charge in [0.05, 0.1) is 12.6 Å². The summed E-state index contributed by atoms with van der Waals surface area (Å²) >= 11 is 7.99. The minimum Gasteiger partial charge on any atom is -0.337 e. The van der Waals surface area contributed by atoms with Crippen LogP contribution in [0, 0.1) is 5.92 Å². The molecule has 1 unspecified atom stereocenters. The lowest BCUT2D eigenvalue weighted by Crippen LogP contribution is -2.36. The maximum absolute atomic E-state index is 12.5. The number of nitrogens with zero attached hydrogens (tertiary/aromatic N) is 1. The van der Waals surface area contributed by atoms with Crippen LogP contribution in [0.2, 0.25) is 5.02 Å². The molecule has 7 heteroatoms. The number of nitrogens with one attached hydrogen (secondary N) is 1. The van der Waals surface area contributed by atoms with Crippen molar-refractivity contribution in [2.24, 2.45) is 11.7 Å². The number of hydrogen-bond acceptors (Lipinski definition) is 4. The van der Waals surface area contributed by atoms with E-state index in [9.17, 15) is 9.59 Å². The fourth-order valence-electron chi connectivity index (χ4n) is 3.44. The summed E-state index contributed by atoms with van der Waals surface area (Å²) in [6, 6.07) is 7.04. The SMILES string of the molecule is CC(N)C(=O)Nc1sc2c(c1-c1ccccc1Cl)CCN(C(=O)C1CC1)C2. The average molecular weight is 404 g/mol. The molecule has 2 aromatic rings. The zero-order chi connectivity index (χ0) is 19.1. The van der Waals surface area contributed by atoms with E-state index in [1.165, 1.54) is 16.9 Å². The van der Waals surface area contributed by atoms with Gasteiger partial charge in [-0.25, -0.2) is 0 Å². The van der Waals surface area contributed by atoms with Gasteiger partial charge in [-0.1, -0.05) is 29.8 Å². The van der Waals surface area contributed by atoms with Gasteiger partial charge in [0, 0.05) is 33.5 Å². The van der Waals surface area contributed by atoms with Gasteiger partial charge in [-0.15, -0.1) is 11.3 Å². The highest BCUT2D eigenvalue weighted by atomic mass is 35.5. The van der Waals surface area contributed by atoms with Gasteiger partial charge in [-0.3, -0.25) is 9.59 Å². The number of carbonyl (C=O) groups excluding carboxylic acids is 2. The number of rotatable bonds is 4. The third-order valence-corrected chi connectivity index (χ3v) is 6.55. The van der Waals surface area contributed by atoms with Crippen molar-refractivity contribution in [1.82, 2.24) is 4.90 Å². The van der Waals surface area contributed by atoms with Crippen molar-refractivity contribution in [2.45, 2.75) is 38.8 Å². The van der Waals surface area contributed by atoms with Crippen LogP contribution < -0.4 is 11.1 Å². The predicted octanol–water partition coefficient (Wildman–Crippen LogP) is 3.65. The molecule has 142 valence electrons. The van der Waals surface area contributed by atoms with Gasteiger partial charge in [0.2, 0.25) is 11.8 Å². The van der Waals surface area contributed by atoms with Crippen molar-refractivity contribution in [2.75, 3.05) is 11.9 Å². The van der Waals surface area contributed by atoms with Crippen LogP contribution in [0.25, 0.3) is 11.1 Å². The molecule has 1 aliphatic heterocycles. The topological polar surface area (TPSA) is 75.4 Å². The molecule has 1 aromatic carbocycles. The largest absolute Gasteiger partial charge is 0.337 e. The smallest absolute Gasteiger partial charge is 0.241 e. The van der Waals surface area contributed by atoms with Gasteiger partial charge >= 0.3 is 0 Å². The van der Waals surface area contributed by atoms with E-state index in [0.717, 1.165) is 40.3 Å². The van der Waals surface area contributed by atoms with Crippen LogP contribution in [0.3, 0.4) is 0 Å². The molecule has 2 heterocycles. The van der Waals surface area contributed by atoms with Gasteiger partial charge in [0.25, 0.3) is 0 Å². The maximum Gasteiger partial charge on any atom is 0.241 e. The Labute approximate surface area is 167 Å². The summed E-state index contributed by atoms with van der Waals surface area (Å²) in [6.45, 7) is 2.96. The summed E-state index contributed by atoms with van der Waals surface area (Å²) in [6.07, 6.45) is 2.78. The van der Waals surface area contributed by atoms with E-state index in [0.29, 0.717) is 18.1 Å². The summed E-state index contributed by atoms with van der Waals surface area (Å²) in [5.41, 5.74) is 8.78. The van der Waals surface area contributed by atoms with Gasteiger partial charge in [0.1, 0.15) is 5.00 Å². The van der Waals surface area contributed by atoms with Gasteiger partial charge in [0.15, 0.2) is 0 Å². The third-order valence-electron chi connectivity index (χ3n) is 5.09. The highest BCUT2D eigenvalue weighted by molar-refractivity contribution is 7.17. The first kappa shape index (κ1) is 18.5. The Hall–Kier alpha value is -1.89. The van der Waals surface area contributed by atoms with Crippen molar-refractivity contribution in [3.63, 3.8) is 0 Å². The van der Waals surface area contributed by atoms with E-state index in [1.54, 1.807) is 6.92 Å². The second-order valence-corrected chi connectivity index (χ2v) is 8.76. The van der Waals surface area contributed by atoms with Gasteiger partial charge in [-0.2, -0.15) is 0 Å². The van der Waals surface area contributed by atoms with Crippen molar-refractivity contribution in [3.05, 3.63) is 39.7 Å². The lowest BCUT2D eigenvalue weighted by atomic mass is 9.96. The second kappa shape index (κ2) is 7.26. The number of benzene rings is 1. The maximum atomic E-state index is 12.5. The molecular weight excluding hydrogens is 382 g/mol. The summed E-state index contributed by atoms with van der Waals surface area (Å²) in [5, 5.41) is 4.37. The molecule has 2 aliphatic rings. The first-order valence-corrected chi connectivity index (χ1v) is 10.4. The van der Waals surface area contributed by atoms with Crippen molar-refractivity contribution in [3.8, 4) is 11.1 Å². The molecule has 5 nitrogen and oxygen atoms in total. The number of fused-ring (bicyclic) bond motifs is 1. The molecule has 3 N–H and O–H groups in total. The summed E-state index contributed by atoms with van der Waals surface area (Å²) < 4.78 is 0. The summed E-state index contributed by atoms with van der Waals surface area (Å²) in [5.74, 6) is 0.245. The molecular formula is C20H22ClN3O2S. The van der Waals surface area contributed by atoms with Crippen LogP contribution in [-0.4, -0.2) is 29.3 Å². The molecule has 2 amide bonds. The molecule has 27 heavy (non-hydrogen) atoms. The van der Waals surface area contributed by atoms with E-state index in [-0.39, 0.29) is 17.7 Å². The van der Waals surface area contributed by atoms with Crippen molar-refractivity contribution in [1.29, 1.82) is 0 Å². The normalized spacial score (nSPS) is 17.4. The van der Waals surface area contributed by atoms with Crippen LogP contribution in [0.1, 0.15) is 30.2 Å². The summed E-state index contributed by atoms with van der Waals surface area (Å²) in [7, 11) is 0. The molecule has 1 aliphatic carbocycles. The Morgan fingerprint density at radius 2 is 2.07 bits per heavy atom. The molecule has 1 fully saturated rings. The lowest BCUT2D eigenvalue weighted by molar-refractivity contribution is -0.133. The van der Waals surface area contributed by atoms with Crippen LogP contribution in [0.4, 0.5) is 5.00 Å². The third kappa shape index (κ3) is 3.61. The Morgan fingerprint density at radius 1 is 1.33 bits per heavy atom. The highest BCUT2D eigenvalue weighted by Gasteiger charge is 2.36. The van der Waals surface area contributed by atoms with Crippen LogP contribution in [-0.2, 0) is 22.6 Å². The van der Waals surface area contributed by atoms with E-state index >= 15 is 0 Å². The van der Waals surface area contributed by atoms with E-state index in [2.05, 4.69) is 5.32 Å². The van der Waals surface area contributed by atoms with E-state index in [1.807, 2.05) is 29.2 Å². The zero-order valence-corrected chi connectivity index (χ0v) is 16.7. The standard InChI is InChI=1S/C20H22ClN3O2S/c1-11(22)18(25)23-19-17(13-4-2-3-5-15(13)21)14-8-9-24(10-16(14)27-19)20(26)12-6-7-12/h2-5,11-12H,6-10,22H2,1H3,(H,23,25). The molecule has 1 aromatic heterocycles. The number of nitrogens with two attached hydrogens (primary N) is 1. The number of halogens is 1. The number of amides is 2. The molecule has 0 bridgehead atoms. The lowest BCUT2D eigenvalue weighted by Gasteiger charge is -2.27. The van der Waals surface area contributed by atoms with Gasteiger partial charge in [-0.05, 0) is 37.8 Å². The molecule has 0 radical (unpaired) electrons. The Kier molecular flexibility index (Phi) is 4.97. The fourth-order valence-corrected chi connectivity index (χ4v) is 4.95. The number of thiophene rings is 1. The second-order valence-electron chi connectivity index (χ2n) is 7.25. The first-order chi connectivity index (χ1) is 13.0. The number of carbonyl (C=O) groups is 2. The Balaban J connectivity index is 1.74. The van der Waals surface area contributed by atoms with Crippen LogP contribution >= 0.6 is 22.9 Å². The van der Waals surface area contributed by atoms with Crippen LogP contribution in [0.15, 0.2) is 24.3 Å². The first-order valence-electron chi connectivity index (χ1n) is 9.20. The molecule has 0 saturated heterocycles. The average Bonchev–Trinajstić information content (AvgIpc) is 3.43. The molecule has 0 spiro atoms. The fraction of sp³-hybridized carbons (Fsp3) is 0.400.